The number of hydrogen-bond donors (Lipinski definition) is 1. The fourth-order valence-corrected chi connectivity index (χ4v) is 1.84. The second-order valence-electron chi connectivity index (χ2n) is 5.07. The minimum Gasteiger partial charge on any atom is -0.495 e. The molecule has 0 aromatic heterocycles. The molecular formula is C15H21NO4. The molecule has 1 aromatic carbocycles. The molecule has 1 amide bonds. The average Bonchev–Trinajstić information content (AvgIpc) is 2.35. The van der Waals surface area contributed by atoms with Crippen molar-refractivity contribution in [2.75, 3.05) is 7.11 Å². The van der Waals surface area contributed by atoms with Crippen molar-refractivity contribution in [1.29, 1.82) is 0 Å². The largest absolute Gasteiger partial charge is 0.495 e. The highest BCUT2D eigenvalue weighted by atomic mass is 16.5. The van der Waals surface area contributed by atoms with Gasteiger partial charge in [-0.1, -0.05) is 13.8 Å². The number of amides is 1. The quantitative estimate of drug-likeness (QED) is 0.811. The van der Waals surface area contributed by atoms with Gasteiger partial charge in [0.05, 0.1) is 18.8 Å². The van der Waals surface area contributed by atoms with Gasteiger partial charge in [-0.05, 0) is 26.0 Å². The van der Waals surface area contributed by atoms with E-state index in [0.29, 0.717) is 5.75 Å². The second-order valence-corrected chi connectivity index (χ2v) is 5.07. The summed E-state index contributed by atoms with van der Waals surface area (Å²) in [5, 5.41) is 0. The zero-order chi connectivity index (χ0) is 15.4. The van der Waals surface area contributed by atoms with E-state index < -0.39 is 5.91 Å². The average molecular weight is 279 g/mol. The molecule has 0 saturated heterocycles. The van der Waals surface area contributed by atoms with Gasteiger partial charge in [-0.2, -0.15) is 0 Å². The minimum atomic E-state index is -0.643. The molecule has 0 fully saturated rings. The van der Waals surface area contributed by atoms with Gasteiger partial charge in [0.15, 0.2) is 5.78 Å². The fraction of sp³-hybridized carbons (Fsp3) is 0.467. The number of ether oxygens (including phenoxy) is 2. The van der Waals surface area contributed by atoms with E-state index in [1.165, 1.54) is 13.2 Å². The zero-order valence-electron chi connectivity index (χ0n) is 12.5. The summed E-state index contributed by atoms with van der Waals surface area (Å²) in [5.74, 6) is -0.465. The molecule has 0 aliphatic carbocycles. The number of benzene rings is 1. The van der Waals surface area contributed by atoms with Crippen molar-refractivity contribution in [2.45, 2.75) is 33.8 Å². The van der Waals surface area contributed by atoms with E-state index in [9.17, 15) is 9.59 Å². The predicted molar refractivity (Wildman–Crippen MR) is 76.4 cm³/mol. The summed E-state index contributed by atoms with van der Waals surface area (Å²) < 4.78 is 10.9. The highest BCUT2D eigenvalue weighted by Crippen LogP contribution is 2.34. The van der Waals surface area contributed by atoms with Gasteiger partial charge in [-0.3, -0.25) is 9.59 Å². The SMILES string of the molecule is COc1c(C(N)=O)ccc(OC(C)C)c1C(=O)C(C)C. The molecule has 0 saturated carbocycles. The molecular weight excluding hydrogens is 258 g/mol. The van der Waals surface area contributed by atoms with Crippen molar-refractivity contribution in [2.24, 2.45) is 11.7 Å². The summed E-state index contributed by atoms with van der Waals surface area (Å²) in [6, 6.07) is 3.09. The number of hydrogen-bond acceptors (Lipinski definition) is 4. The number of Topliss-reactive ketones (excluding diaryl/α,β-unsaturated/α-hetero) is 1. The molecule has 0 radical (unpaired) electrons. The van der Waals surface area contributed by atoms with Gasteiger partial charge in [-0.15, -0.1) is 0 Å². The maximum Gasteiger partial charge on any atom is 0.252 e. The van der Waals surface area contributed by atoms with Gasteiger partial charge in [0, 0.05) is 5.92 Å². The topological polar surface area (TPSA) is 78.6 Å². The number of carbonyl (C=O) groups is 2. The lowest BCUT2D eigenvalue weighted by Crippen LogP contribution is -2.19. The lowest BCUT2D eigenvalue weighted by Gasteiger charge is -2.19. The van der Waals surface area contributed by atoms with Crippen molar-refractivity contribution in [3.8, 4) is 11.5 Å². The van der Waals surface area contributed by atoms with Gasteiger partial charge in [0.25, 0.3) is 5.91 Å². The second kappa shape index (κ2) is 6.41. The van der Waals surface area contributed by atoms with Crippen molar-refractivity contribution < 1.29 is 19.1 Å². The van der Waals surface area contributed by atoms with Crippen LogP contribution in [0.5, 0.6) is 11.5 Å². The molecule has 110 valence electrons. The molecule has 0 atom stereocenters. The van der Waals surface area contributed by atoms with E-state index in [1.54, 1.807) is 19.9 Å². The third-order valence-electron chi connectivity index (χ3n) is 2.72. The smallest absolute Gasteiger partial charge is 0.252 e. The summed E-state index contributed by atoms with van der Waals surface area (Å²) in [6.07, 6.45) is -0.0992. The lowest BCUT2D eigenvalue weighted by molar-refractivity contribution is 0.0930. The number of rotatable bonds is 6. The van der Waals surface area contributed by atoms with Gasteiger partial charge in [0.2, 0.25) is 0 Å². The Bertz CT molecular complexity index is 521. The summed E-state index contributed by atoms with van der Waals surface area (Å²) in [5.41, 5.74) is 5.76. The maximum atomic E-state index is 12.4. The first-order valence-electron chi connectivity index (χ1n) is 6.51. The fourth-order valence-electron chi connectivity index (χ4n) is 1.84. The number of nitrogens with two attached hydrogens (primary N) is 1. The molecule has 0 spiro atoms. The molecule has 5 nitrogen and oxygen atoms in total. The Morgan fingerprint density at radius 1 is 1.15 bits per heavy atom. The molecule has 5 heteroatoms. The van der Waals surface area contributed by atoms with Crippen LogP contribution in [0.3, 0.4) is 0 Å². The summed E-state index contributed by atoms with van der Waals surface area (Å²) in [7, 11) is 1.40. The van der Waals surface area contributed by atoms with Crippen LogP contribution in [0, 0.1) is 5.92 Å². The van der Waals surface area contributed by atoms with Crippen molar-refractivity contribution in [1.82, 2.24) is 0 Å². The van der Waals surface area contributed by atoms with E-state index in [2.05, 4.69) is 0 Å². The third-order valence-corrected chi connectivity index (χ3v) is 2.72. The summed E-state index contributed by atoms with van der Waals surface area (Å²) in [4.78, 5) is 23.8. The van der Waals surface area contributed by atoms with E-state index in [1.807, 2.05) is 13.8 Å². The van der Waals surface area contributed by atoms with Crippen LogP contribution in [0.4, 0.5) is 0 Å². The highest BCUT2D eigenvalue weighted by Gasteiger charge is 2.25. The Kier molecular flexibility index (Phi) is 5.13. The molecule has 0 bridgehead atoms. The predicted octanol–water partition coefficient (Wildman–Crippen LogP) is 2.42. The standard InChI is InChI=1S/C15H21NO4/c1-8(2)13(17)12-11(20-9(3)4)7-6-10(15(16)18)14(12)19-5/h6-9H,1-5H3,(H2,16,18). The first-order valence-corrected chi connectivity index (χ1v) is 6.51. The highest BCUT2D eigenvalue weighted by molar-refractivity contribution is 6.07. The molecule has 20 heavy (non-hydrogen) atoms. The van der Waals surface area contributed by atoms with Gasteiger partial charge in [0.1, 0.15) is 17.1 Å². The van der Waals surface area contributed by atoms with Crippen LogP contribution in [-0.4, -0.2) is 24.9 Å². The van der Waals surface area contributed by atoms with Crippen LogP contribution >= 0.6 is 0 Å². The molecule has 1 aromatic rings. The number of methoxy groups -OCH3 is 1. The van der Waals surface area contributed by atoms with Crippen LogP contribution in [0.1, 0.15) is 48.4 Å². The number of ketones is 1. The molecule has 0 aliphatic heterocycles. The Labute approximate surface area is 119 Å². The molecule has 0 aliphatic rings. The van der Waals surface area contributed by atoms with Crippen molar-refractivity contribution in [3.05, 3.63) is 23.3 Å². The zero-order valence-corrected chi connectivity index (χ0v) is 12.5. The van der Waals surface area contributed by atoms with Crippen LogP contribution < -0.4 is 15.2 Å². The van der Waals surface area contributed by atoms with Crippen LogP contribution in [0.15, 0.2) is 12.1 Å². The molecule has 0 heterocycles. The Balaban J connectivity index is 3.55. The van der Waals surface area contributed by atoms with E-state index >= 15 is 0 Å². The monoisotopic (exact) mass is 279 g/mol. The summed E-state index contributed by atoms with van der Waals surface area (Å²) in [6.45, 7) is 7.27. The van der Waals surface area contributed by atoms with E-state index in [-0.39, 0.29) is 34.7 Å². The van der Waals surface area contributed by atoms with Gasteiger partial charge in [-0.25, -0.2) is 0 Å². The van der Waals surface area contributed by atoms with Crippen LogP contribution in [-0.2, 0) is 0 Å². The number of carbonyl (C=O) groups excluding carboxylic acids is 2. The molecule has 0 unspecified atom stereocenters. The third kappa shape index (κ3) is 3.29. The van der Waals surface area contributed by atoms with E-state index in [0.717, 1.165) is 0 Å². The van der Waals surface area contributed by atoms with Crippen molar-refractivity contribution in [3.63, 3.8) is 0 Å². The summed E-state index contributed by atoms with van der Waals surface area (Å²) >= 11 is 0. The minimum absolute atomic E-state index is 0.0992. The molecule has 2 N–H and O–H groups in total. The van der Waals surface area contributed by atoms with Crippen LogP contribution in [0.2, 0.25) is 0 Å². The Morgan fingerprint density at radius 3 is 2.15 bits per heavy atom. The molecule has 1 rings (SSSR count). The normalized spacial score (nSPS) is 10.8. The Morgan fingerprint density at radius 2 is 1.75 bits per heavy atom. The Hall–Kier alpha value is -2.04. The van der Waals surface area contributed by atoms with Gasteiger partial charge >= 0.3 is 0 Å². The lowest BCUT2D eigenvalue weighted by atomic mass is 9.96. The number of primary amides is 1. The maximum absolute atomic E-state index is 12.4. The van der Waals surface area contributed by atoms with E-state index in [4.69, 9.17) is 15.2 Å². The first kappa shape index (κ1) is 16.0. The van der Waals surface area contributed by atoms with Gasteiger partial charge < -0.3 is 15.2 Å². The van der Waals surface area contributed by atoms with Crippen LogP contribution in [0.25, 0.3) is 0 Å². The first-order chi connectivity index (χ1) is 9.29. The van der Waals surface area contributed by atoms with Crippen molar-refractivity contribution >= 4 is 11.7 Å².